The zero-order valence-electron chi connectivity index (χ0n) is 11.0. The van der Waals surface area contributed by atoms with Crippen LogP contribution in [-0.2, 0) is 4.79 Å². The molecule has 0 bridgehead atoms. The molecule has 0 radical (unpaired) electrons. The molecule has 0 saturated carbocycles. The van der Waals surface area contributed by atoms with Gasteiger partial charge in [0.1, 0.15) is 0 Å². The van der Waals surface area contributed by atoms with E-state index in [4.69, 9.17) is 0 Å². The van der Waals surface area contributed by atoms with Crippen molar-refractivity contribution in [1.82, 2.24) is 10.9 Å². The molecule has 0 aliphatic rings. The van der Waals surface area contributed by atoms with Gasteiger partial charge in [0.2, 0.25) is 5.91 Å². The molecule has 108 valence electrons. The number of benzene rings is 2. The van der Waals surface area contributed by atoms with Gasteiger partial charge in [-0.15, -0.1) is 11.8 Å². The van der Waals surface area contributed by atoms with E-state index in [1.807, 2.05) is 30.3 Å². The Bertz CT molecular complexity index is 635. The van der Waals surface area contributed by atoms with E-state index in [1.54, 1.807) is 24.3 Å². The van der Waals surface area contributed by atoms with Gasteiger partial charge in [0.25, 0.3) is 5.91 Å². The van der Waals surface area contributed by atoms with Gasteiger partial charge in [0.15, 0.2) is 0 Å². The molecule has 0 atom stereocenters. The van der Waals surface area contributed by atoms with Gasteiger partial charge in [0.05, 0.1) is 5.75 Å². The van der Waals surface area contributed by atoms with E-state index in [9.17, 15) is 9.59 Å². The van der Waals surface area contributed by atoms with Crippen LogP contribution in [0.25, 0.3) is 0 Å². The van der Waals surface area contributed by atoms with Crippen molar-refractivity contribution >= 4 is 39.5 Å². The summed E-state index contributed by atoms with van der Waals surface area (Å²) in [7, 11) is 0. The second kappa shape index (κ2) is 7.85. The highest BCUT2D eigenvalue weighted by molar-refractivity contribution is 9.10. The lowest BCUT2D eigenvalue weighted by atomic mass is 10.2. The van der Waals surface area contributed by atoms with Gasteiger partial charge in [0, 0.05) is 14.9 Å². The topological polar surface area (TPSA) is 58.2 Å². The Morgan fingerprint density at radius 3 is 2.33 bits per heavy atom. The van der Waals surface area contributed by atoms with Crippen molar-refractivity contribution in [1.29, 1.82) is 0 Å². The minimum absolute atomic E-state index is 0.220. The number of thioether (sulfide) groups is 1. The predicted molar refractivity (Wildman–Crippen MR) is 86.9 cm³/mol. The number of rotatable bonds is 4. The lowest BCUT2D eigenvalue weighted by molar-refractivity contribution is -0.119. The van der Waals surface area contributed by atoms with Crippen LogP contribution in [0.3, 0.4) is 0 Å². The maximum Gasteiger partial charge on any atom is 0.269 e. The maximum absolute atomic E-state index is 11.7. The van der Waals surface area contributed by atoms with Gasteiger partial charge < -0.3 is 0 Å². The monoisotopic (exact) mass is 364 g/mol. The molecule has 0 unspecified atom stereocenters. The number of hydrogen-bond donors (Lipinski definition) is 2. The maximum atomic E-state index is 11.7. The van der Waals surface area contributed by atoms with E-state index in [0.717, 1.165) is 9.37 Å². The molecular weight excluding hydrogens is 352 g/mol. The first kappa shape index (κ1) is 15.6. The van der Waals surface area contributed by atoms with Crippen LogP contribution in [0.4, 0.5) is 0 Å². The molecule has 6 heteroatoms. The summed E-state index contributed by atoms with van der Waals surface area (Å²) in [6.07, 6.45) is 0. The van der Waals surface area contributed by atoms with E-state index in [-0.39, 0.29) is 17.6 Å². The van der Waals surface area contributed by atoms with E-state index < -0.39 is 0 Å². The molecule has 2 rings (SSSR count). The SMILES string of the molecule is O=C(CSc1ccccc1Br)NNC(=O)c1ccccc1. The molecule has 0 aliphatic carbocycles. The van der Waals surface area contributed by atoms with Crippen LogP contribution in [0.5, 0.6) is 0 Å². The van der Waals surface area contributed by atoms with Gasteiger partial charge >= 0.3 is 0 Å². The third kappa shape index (κ3) is 4.91. The van der Waals surface area contributed by atoms with Gasteiger partial charge in [-0.05, 0) is 40.2 Å². The fraction of sp³-hybridized carbons (Fsp3) is 0.0667. The van der Waals surface area contributed by atoms with E-state index >= 15 is 0 Å². The number of amides is 2. The first-order valence-electron chi connectivity index (χ1n) is 6.18. The van der Waals surface area contributed by atoms with E-state index in [1.165, 1.54) is 11.8 Å². The Balaban J connectivity index is 1.78. The summed E-state index contributed by atoms with van der Waals surface area (Å²) in [4.78, 5) is 24.4. The number of carbonyl (C=O) groups is 2. The Kier molecular flexibility index (Phi) is 5.83. The van der Waals surface area contributed by atoms with Crippen molar-refractivity contribution in [3.8, 4) is 0 Å². The van der Waals surface area contributed by atoms with E-state index in [2.05, 4.69) is 26.8 Å². The summed E-state index contributed by atoms with van der Waals surface area (Å²) in [5, 5.41) is 0. The molecule has 2 N–H and O–H groups in total. The van der Waals surface area contributed by atoms with Crippen LogP contribution in [0.2, 0.25) is 0 Å². The number of carbonyl (C=O) groups excluding carboxylic acids is 2. The Hall–Kier alpha value is -1.79. The second-order valence-corrected chi connectivity index (χ2v) is 5.96. The van der Waals surface area contributed by atoms with Crippen LogP contribution >= 0.6 is 27.7 Å². The van der Waals surface area contributed by atoms with Crippen molar-refractivity contribution < 1.29 is 9.59 Å². The summed E-state index contributed by atoms with van der Waals surface area (Å²) in [6.45, 7) is 0. The molecule has 0 heterocycles. The average Bonchev–Trinajstić information content (AvgIpc) is 2.52. The molecule has 0 aromatic heterocycles. The highest BCUT2D eigenvalue weighted by atomic mass is 79.9. The van der Waals surface area contributed by atoms with Crippen LogP contribution < -0.4 is 10.9 Å². The van der Waals surface area contributed by atoms with Gasteiger partial charge in [-0.25, -0.2) is 0 Å². The number of halogens is 1. The largest absolute Gasteiger partial charge is 0.272 e. The molecule has 0 saturated heterocycles. The standard InChI is InChI=1S/C15H13BrN2O2S/c16-12-8-4-5-9-13(12)21-10-14(19)17-18-15(20)11-6-2-1-3-7-11/h1-9H,10H2,(H,17,19)(H,18,20). The van der Waals surface area contributed by atoms with E-state index in [0.29, 0.717) is 5.56 Å². The lowest BCUT2D eigenvalue weighted by Gasteiger charge is -2.07. The van der Waals surface area contributed by atoms with Crippen LogP contribution in [0, 0.1) is 0 Å². The minimum atomic E-state index is -0.338. The van der Waals surface area contributed by atoms with Gasteiger partial charge in [-0.3, -0.25) is 20.4 Å². The third-order valence-corrected chi connectivity index (χ3v) is 4.57. The van der Waals surface area contributed by atoms with Gasteiger partial charge in [-0.2, -0.15) is 0 Å². The lowest BCUT2D eigenvalue weighted by Crippen LogP contribution is -2.42. The quantitative estimate of drug-likeness (QED) is 0.647. The summed E-state index contributed by atoms with van der Waals surface area (Å²) >= 11 is 4.81. The van der Waals surface area contributed by atoms with Crippen molar-refractivity contribution in [2.24, 2.45) is 0 Å². The molecule has 0 fully saturated rings. The number of nitrogens with one attached hydrogen (secondary N) is 2. The minimum Gasteiger partial charge on any atom is -0.272 e. The van der Waals surface area contributed by atoms with Crippen LogP contribution in [-0.4, -0.2) is 17.6 Å². The summed E-state index contributed by atoms with van der Waals surface area (Å²) in [5.41, 5.74) is 5.28. The molecular formula is C15H13BrN2O2S. The fourth-order valence-electron chi connectivity index (χ4n) is 1.53. The normalized spacial score (nSPS) is 9.95. The summed E-state index contributed by atoms with van der Waals surface area (Å²) in [5.74, 6) is -0.382. The molecule has 21 heavy (non-hydrogen) atoms. The Labute approximate surface area is 135 Å². The number of hydrogen-bond acceptors (Lipinski definition) is 3. The van der Waals surface area contributed by atoms with Gasteiger partial charge in [-0.1, -0.05) is 30.3 Å². The Morgan fingerprint density at radius 1 is 0.952 bits per heavy atom. The molecule has 0 spiro atoms. The smallest absolute Gasteiger partial charge is 0.269 e. The number of hydrazine groups is 1. The zero-order valence-corrected chi connectivity index (χ0v) is 13.4. The molecule has 2 aromatic rings. The highest BCUT2D eigenvalue weighted by Gasteiger charge is 2.08. The summed E-state index contributed by atoms with van der Waals surface area (Å²) < 4.78 is 0.941. The first-order valence-corrected chi connectivity index (χ1v) is 7.96. The average molecular weight is 365 g/mol. The molecule has 2 amide bonds. The molecule has 4 nitrogen and oxygen atoms in total. The molecule has 0 aliphatic heterocycles. The summed E-state index contributed by atoms with van der Waals surface area (Å²) in [6, 6.07) is 16.4. The van der Waals surface area contributed by atoms with Crippen molar-refractivity contribution in [2.45, 2.75) is 4.90 Å². The second-order valence-electron chi connectivity index (χ2n) is 4.09. The zero-order chi connectivity index (χ0) is 15.1. The highest BCUT2D eigenvalue weighted by Crippen LogP contribution is 2.26. The van der Waals surface area contributed by atoms with Crippen molar-refractivity contribution in [3.63, 3.8) is 0 Å². The molecule has 2 aromatic carbocycles. The first-order chi connectivity index (χ1) is 10.2. The fourth-order valence-corrected chi connectivity index (χ4v) is 2.90. The Morgan fingerprint density at radius 2 is 1.62 bits per heavy atom. The van der Waals surface area contributed by atoms with Crippen molar-refractivity contribution in [3.05, 3.63) is 64.6 Å². The van der Waals surface area contributed by atoms with Crippen molar-refractivity contribution in [2.75, 3.05) is 5.75 Å². The third-order valence-electron chi connectivity index (χ3n) is 2.55. The van der Waals surface area contributed by atoms with Crippen LogP contribution in [0.15, 0.2) is 64.0 Å². The predicted octanol–water partition coefficient (Wildman–Crippen LogP) is 3.00. The van der Waals surface area contributed by atoms with Crippen LogP contribution in [0.1, 0.15) is 10.4 Å².